The smallest absolute Gasteiger partial charge is 0.433 e. The van der Waals surface area contributed by atoms with Gasteiger partial charge >= 0.3 is 11.9 Å². The molecule has 0 unspecified atom stereocenters. The summed E-state index contributed by atoms with van der Waals surface area (Å²) in [7, 11) is -3.11. The Labute approximate surface area is 181 Å². The molecule has 11 nitrogen and oxygen atoms in total. The Hall–Kier alpha value is -4.19. The van der Waals surface area contributed by atoms with E-state index in [-0.39, 0.29) is 28.1 Å². The number of furan rings is 2. The van der Waals surface area contributed by atoms with Crippen LogP contribution in [0.5, 0.6) is 0 Å². The number of hydrogen-bond acceptors (Lipinski definition) is 9. The third kappa shape index (κ3) is 4.75. The molecule has 0 aliphatic heterocycles. The van der Waals surface area contributed by atoms with Crippen LogP contribution in [-0.4, -0.2) is 32.3 Å². The third-order valence-electron chi connectivity index (χ3n) is 4.08. The van der Waals surface area contributed by atoms with Crippen molar-refractivity contribution >= 4 is 44.3 Å². The second kappa shape index (κ2) is 8.89. The normalized spacial score (nSPS) is 11.8. The number of nitrogens with zero attached hydrogens (tertiary/aromatic N) is 1. The molecule has 2 aromatic heterocycles. The molecule has 0 aliphatic rings. The van der Waals surface area contributed by atoms with E-state index < -0.39 is 31.5 Å². The van der Waals surface area contributed by atoms with Crippen LogP contribution in [0.15, 0.2) is 62.3 Å². The fraction of sp³-hybridized carbons (Fsp3) is 0.100. The molecule has 1 N–H and O–H groups in total. The molecule has 0 fully saturated rings. The number of nitrogens with one attached hydrogen (secondary N) is 1. The van der Waals surface area contributed by atoms with Gasteiger partial charge in [-0.3, -0.25) is 14.9 Å². The van der Waals surface area contributed by atoms with Crippen LogP contribution in [0.3, 0.4) is 0 Å². The lowest BCUT2D eigenvalue weighted by Gasteiger charge is -2.08. The number of amides is 1. The van der Waals surface area contributed by atoms with Gasteiger partial charge in [0.2, 0.25) is 21.5 Å². The topological polar surface area (TPSA) is 159 Å². The minimum Gasteiger partial charge on any atom is -0.463 e. The first kappa shape index (κ1) is 22.5. The zero-order chi connectivity index (χ0) is 23.5. The van der Waals surface area contributed by atoms with Crippen molar-refractivity contribution in [3.63, 3.8) is 0 Å². The zero-order valence-corrected chi connectivity index (χ0v) is 17.5. The van der Waals surface area contributed by atoms with Crippen LogP contribution in [0.25, 0.3) is 11.0 Å². The van der Waals surface area contributed by atoms with Crippen LogP contribution in [0.4, 0.5) is 11.6 Å². The maximum atomic E-state index is 13.3. The van der Waals surface area contributed by atoms with Crippen molar-refractivity contribution in [2.45, 2.75) is 11.8 Å². The molecule has 2 heterocycles. The first-order valence-electron chi connectivity index (χ1n) is 8.89. The number of methoxy groups -OCH3 is 1. The van der Waals surface area contributed by atoms with E-state index in [1.807, 2.05) is 0 Å². The first-order valence-corrected chi connectivity index (χ1v) is 10.4. The number of esters is 1. The summed E-state index contributed by atoms with van der Waals surface area (Å²) >= 11 is 0. The Bertz CT molecular complexity index is 1320. The van der Waals surface area contributed by atoms with Gasteiger partial charge in [0.25, 0.3) is 0 Å². The lowest BCUT2D eigenvalue weighted by molar-refractivity contribution is -0.402. The van der Waals surface area contributed by atoms with Crippen LogP contribution < -0.4 is 5.32 Å². The van der Waals surface area contributed by atoms with E-state index >= 15 is 0 Å². The van der Waals surface area contributed by atoms with Crippen molar-refractivity contribution in [1.82, 2.24) is 0 Å². The van der Waals surface area contributed by atoms with Gasteiger partial charge in [0, 0.05) is 18.7 Å². The number of benzene rings is 1. The molecular weight excluding hydrogens is 444 g/mol. The van der Waals surface area contributed by atoms with Gasteiger partial charge in [-0.05, 0) is 42.5 Å². The predicted molar refractivity (Wildman–Crippen MR) is 111 cm³/mol. The first-order chi connectivity index (χ1) is 15.1. The number of nitro groups is 1. The summed E-state index contributed by atoms with van der Waals surface area (Å²) in [5.74, 6) is -2.26. The van der Waals surface area contributed by atoms with E-state index in [0.29, 0.717) is 5.69 Å². The zero-order valence-electron chi connectivity index (χ0n) is 16.7. The average molecular weight is 460 g/mol. The largest absolute Gasteiger partial charge is 0.463 e. The van der Waals surface area contributed by atoms with Crippen molar-refractivity contribution in [1.29, 1.82) is 0 Å². The number of ether oxygens (including phenoxy) is 1. The Balaban J connectivity index is 2.10. The molecule has 0 saturated heterocycles. The molecule has 0 radical (unpaired) electrons. The summed E-state index contributed by atoms with van der Waals surface area (Å²) in [5, 5.41) is 13.5. The number of hydrogen-bond donors (Lipinski definition) is 1. The predicted octanol–water partition coefficient (Wildman–Crippen LogP) is 3.50. The summed E-state index contributed by atoms with van der Waals surface area (Å²) in [6.07, 6.45) is 1.08. The monoisotopic (exact) mass is 460 g/mol. The van der Waals surface area contributed by atoms with E-state index in [1.54, 1.807) is 0 Å². The number of rotatable bonds is 7. The maximum absolute atomic E-state index is 13.3. The van der Waals surface area contributed by atoms with Crippen LogP contribution in [0.2, 0.25) is 0 Å². The van der Waals surface area contributed by atoms with Crippen LogP contribution in [-0.2, 0) is 19.4 Å². The molecule has 12 heteroatoms. The SMILES string of the molecule is COC(=O)c1ccc(/C=C(\c2ccc([N+](=O)[O-])o2)S(=O)(=O)c2ccc(NC(C)=O)cc2)o1. The highest BCUT2D eigenvalue weighted by atomic mass is 32.2. The molecule has 0 saturated carbocycles. The standard InChI is InChI=1S/C20H16N2O9S/c1-12(23)21-13-3-6-15(7-4-13)32(27,28)18(16-9-10-19(31-16)22(25)26)11-14-5-8-17(30-14)20(24)29-2/h3-11H,1-2H3,(H,21,23)/b18-11+. The van der Waals surface area contributed by atoms with E-state index in [0.717, 1.165) is 25.3 Å². The van der Waals surface area contributed by atoms with Crippen molar-refractivity contribution in [2.75, 3.05) is 12.4 Å². The Morgan fingerprint density at radius 1 is 1.03 bits per heavy atom. The molecule has 3 aromatic rings. The van der Waals surface area contributed by atoms with E-state index in [9.17, 15) is 28.1 Å². The highest BCUT2D eigenvalue weighted by molar-refractivity contribution is 8.00. The van der Waals surface area contributed by atoms with Crippen LogP contribution in [0.1, 0.15) is 29.0 Å². The molecular formula is C20H16N2O9S. The van der Waals surface area contributed by atoms with E-state index in [1.165, 1.54) is 43.3 Å². The Morgan fingerprint density at radius 2 is 1.69 bits per heavy atom. The molecule has 0 spiro atoms. The molecule has 0 aliphatic carbocycles. The minimum absolute atomic E-state index is 0.0297. The molecule has 0 atom stereocenters. The van der Waals surface area contributed by atoms with Gasteiger partial charge in [-0.1, -0.05) is 0 Å². The summed E-state index contributed by atoms with van der Waals surface area (Å²) in [6, 6.07) is 10.1. The third-order valence-corrected chi connectivity index (χ3v) is 5.87. The lowest BCUT2D eigenvalue weighted by Crippen LogP contribution is -2.07. The van der Waals surface area contributed by atoms with E-state index in [4.69, 9.17) is 8.83 Å². The number of carbonyl (C=O) groups excluding carboxylic acids is 2. The number of anilines is 1. The molecule has 1 amide bonds. The van der Waals surface area contributed by atoms with Crippen molar-refractivity contribution in [3.05, 3.63) is 75.9 Å². The quantitative estimate of drug-likeness (QED) is 0.316. The molecule has 1 aromatic carbocycles. The Kier molecular flexibility index (Phi) is 6.25. The summed E-state index contributed by atoms with van der Waals surface area (Å²) in [5.41, 5.74) is 0.379. The van der Waals surface area contributed by atoms with Gasteiger partial charge in [-0.25, -0.2) is 13.2 Å². The van der Waals surface area contributed by atoms with Gasteiger partial charge in [-0.15, -0.1) is 0 Å². The second-order valence-electron chi connectivity index (χ2n) is 6.31. The summed E-state index contributed by atoms with van der Waals surface area (Å²) in [4.78, 5) is 32.4. The summed E-state index contributed by atoms with van der Waals surface area (Å²) in [6.45, 7) is 1.31. The van der Waals surface area contributed by atoms with Crippen LogP contribution in [0, 0.1) is 10.1 Å². The van der Waals surface area contributed by atoms with Gasteiger partial charge in [0.1, 0.15) is 15.6 Å². The van der Waals surface area contributed by atoms with E-state index in [2.05, 4.69) is 10.1 Å². The van der Waals surface area contributed by atoms with Crippen molar-refractivity contribution in [2.24, 2.45) is 0 Å². The van der Waals surface area contributed by atoms with Gasteiger partial charge < -0.3 is 18.9 Å². The molecule has 166 valence electrons. The van der Waals surface area contributed by atoms with Crippen molar-refractivity contribution in [3.8, 4) is 0 Å². The fourth-order valence-corrected chi connectivity index (χ4v) is 4.05. The van der Waals surface area contributed by atoms with Gasteiger partial charge in [0.15, 0.2) is 5.76 Å². The lowest BCUT2D eigenvalue weighted by atomic mass is 10.3. The Morgan fingerprint density at radius 3 is 2.25 bits per heavy atom. The number of sulfone groups is 1. The second-order valence-corrected chi connectivity index (χ2v) is 8.22. The molecule has 32 heavy (non-hydrogen) atoms. The molecule has 3 rings (SSSR count). The fourth-order valence-electron chi connectivity index (χ4n) is 2.66. The summed E-state index contributed by atoms with van der Waals surface area (Å²) < 4.78 is 41.6. The van der Waals surface area contributed by atoms with Crippen LogP contribution >= 0.6 is 0 Å². The van der Waals surface area contributed by atoms with Gasteiger partial charge in [0.05, 0.1) is 18.1 Å². The highest BCUT2D eigenvalue weighted by Gasteiger charge is 2.28. The average Bonchev–Trinajstić information content (AvgIpc) is 3.41. The highest BCUT2D eigenvalue weighted by Crippen LogP contribution is 2.33. The van der Waals surface area contributed by atoms with Gasteiger partial charge in [-0.2, -0.15) is 0 Å². The minimum atomic E-state index is -4.27. The number of carbonyl (C=O) groups is 2. The van der Waals surface area contributed by atoms with Crippen molar-refractivity contribution < 1.29 is 36.5 Å². The maximum Gasteiger partial charge on any atom is 0.433 e. The molecule has 0 bridgehead atoms.